The number of nitrogens with one attached hydrogen (secondary N) is 3. The van der Waals surface area contributed by atoms with Crippen molar-refractivity contribution in [3.8, 4) is 0 Å². The number of likely N-dealkylation sites (N-methyl/N-ethyl adjacent to an activating group) is 1. The number of hydroxylamine groups is 2. The Morgan fingerprint density at radius 3 is 2.42 bits per heavy atom. The first kappa shape index (κ1) is 29.6. The molecule has 0 aliphatic carbocycles. The van der Waals surface area contributed by atoms with E-state index >= 15 is 0 Å². The number of alkyl halides is 3. The minimum atomic E-state index is -4.97. The predicted octanol–water partition coefficient (Wildman–Crippen LogP) is 5.90. The summed E-state index contributed by atoms with van der Waals surface area (Å²) in [6, 6.07) is 11.4. The molecule has 0 spiro atoms. The molecule has 0 saturated carbocycles. The van der Waals surface area contributed by atoms with Gasteiger partial charge in [0.1, 0.15) is 0 Å². The topological polar surface area (TPSA) is 74.9 Å². The zero-order valence-electron chi connectivity index (χ0n) is 21.2. The molecule has 0 aromatic heterocycles. The van der Waals surface area contributed by atoms with Gasteiger partial charge in [-0.3, -0.25) is 25.4 Å². The molecule has 1 amide bonds. The van der Waals surface area contributed by atoms with Crippen molar-refractivity contribution in [2.24, 2.45) is 0 Å². The van der Waals surface area contributed by atoms with Crippen LogP contribution in [0.15, 0.2) is 67.0 Å². The van der Waals surface area contributed by atoms with Gasteiger partial charge in [0.15, 0.2) is 5.82 Å². The number of hydrogen-bond acceptors (Lipinski definition) is 6. The van der Waals surface area contributed by atoms with E-state index in [1.54, 1.807) is 24.3 Å². The van der Waals surface area contributed by atoms with Crippen molar-refractivity contribution in [2.75, 3.05) is 27.2 Å². The van der Waals surface area contributed by atoms with Crippen LogP contribution in [-0.2, 0) is 15.3 Å². The largest absolute Gasteiger partial charge is 0.428 e. The van der Waals surface area contributed by atoms with E-state index in [2.05, 4.69) is 16.3 Å². The lowest BCUT2D eigenvalue weighted by Gasteiger charge is -2.28. The van der Waals surface area contributed by atoms with Crippen LogP contribution in [-0.4, -0.2) is 44.2 Å². The second-order valence-electron chi connectivity index (χ2n) is 9.03. The molecule has 1 unspecified atom stereocenters. The van der Waals surface area contributed by atoms with Crippen LogP contribution in [0.4, 0.5) is 17.6 Å². The van der Waals surface area contributed by atoms with Gasteiger partial charge in [-0.15, -0.1) is 0 Å². The fraction of sp³-hybridized carbons (Fsp3) is 0.222. The van der Waals surface area contributed by atoms with Gasteiger partial charge in [0.25, 0.3) is 5.91 Å². The molecule has 1 aliphatic heterocycles. The number of benzene rings is 3. The predicted molar refractivity (Wildman–Crippen MR) is 145 cm³/mol. The van der Waals surface area contributed by atoms with E-state index < -0.39 is 39.1 Å². The molecular formula is C27H24Cl2F4N4O3. The normalized spacial score (nSPS) is 17.4. The highest BCUT2D eigenvalue weighted by Gasteiger charge is 2.60. The van der Waals surface area contributed by atoms with E-state index in [9.17, 15) is 22.4 Å². The molecular weight excluding hydrogens is 575 g/mol. The number of carbonyl (C=O) groups is 1. The van der Waals surface area contributed by atoms with Crippen molar-refractivity contribution in [3.63, 3.8) is 0 Å². The number of fused-ring (bicyclic) bond motifs is 1. The smallest absolute Gasteiger partial charge is 0.327 e. The number of carbonyl (C=O) groups excluding carboxylic acids is 1. The molecule has 212 valence electrons. The fourth-order valence-corrected chi connectivity index (χ4v) is 4.53. The van der Waals surface area contributed by atoms with Crippen LogP contribution in [0.25, 0.3) is 16.5 Å². The van der Waals surface area contributed by atoms with E-state index in [-0.39, 0.29) is 11.3 Å². The second kappa shape index (κ2) is 12.0. The van der Waals surface area contributed by atoms with Gasteiger partial charge < -0.3 is 10.2 Å². The highest BCUT2D eigenvalue weighted by Crippen LogP contribution is 2.49. The number of hydrogen-bond donors (Lipinski definition) is 3. The van der Waals surface area contributed by atoms with Gasteiger partial charge in [0.2, 0.25) is 5.60 Å². The van der Waals surface area contributed by atoms with Crippen molar-refractivity contribution >= 4 is 45.6 Å². The summed E-state index contributed by atoms with van der Waals surface area (Å²) >= 11 is 11.6. The zero-order valence-corrected chi connectivity index (χ0v) is 22.7. The first-order valence-corrected chi connectivity index (χ1v) is 12.6. The maximum atomic E-state index is 14.4. The van der Waals surface area contributed by atoms with Crippen molar-refractivity contribution in [2.45, 2.75) is 11.8 Å². The highest BCUT2D eigenvalue weighted by molar-refractivity contribution is 6.35. The van der Waals surface area contributed by atoms with E-state index in [1.165, 1.54) is 24.5 Å². The first-order chi connectivity index (χ1) is 18.9. The number of amides is 1. The standard InChI is InChI=1S/C27H24Cl2F4N4O3/c1-37(2)11-12-39-35-10-9-34-25(38)20-8-7-19(17-5-3-4-6-18(17)20)23-15-26(40-36-23,27(31,32)33)16-13-21(28)24(30)22(29)14-16/h3-10,13-15,35-36H,11-12H2,1-2H3,(H,34,38). The van der Waals surface area contributed by atoms with Crippen LogP contribution in [0.3, 0.4) is 0 Å². The maximum Gasteiger partial charge on any atom is 0.428 e. The molecule has 3 aromatic carbocycles. The molecule has 3 N–H and O–H groups in total. The molecule has 7 nitrogen and oxygen atoms in total. The van der Waals surface area contributed by atoms with Gasteiger partial charge in [-0.05, 0) is 49.1 Å². The lowest BCUT2D eigenvalue weighted by atomic mass is 9.90. The molecule has 1 aliphatic rings. The van der Waals surface area contributed by atoms with Gasteiger partial charge in [-0.1, -0.05) is 53.5 Å². The van der Waals surface area contributed by atoms with Gasteiger partial charge in [-0.25, -0.2) is 4.39 Å². The number of rotatable bonds is 9. The number of nitrogens with zero attached hydrogens (tertiary/aromatic N) is 1. The summed E-state index contributed by atoms with van der Waals surface area (Å²) < 4.78 is 57.2. The summed E-state index contributed by atoms with van der Waals surface area (Å²) in [6.45, 7) is 1.14. The molecule has 40 heavy (non-hydrogen) atoms. The molecule has 3 aromatic rings. The Balaban J connectivity index is 1.65. The second-order valence-corrected chi connectivity index (χ2v) is 9.85. The SMILES string of the molecule is CN(C)CCONC=CNC(=O)c1ccc(C2=CC(c3cc(Cl)c(F)c(Cl)c3)(C(F)(F)F)ON2)c2ccccc12. The minimum absolute atomic E-state index is 0.0176. The third-order valence-corrected chi connectivity index (χ3v) is 6.60. The van der Waals surface area contributed by atoms with E-state index in [0.717, 1.165) is 18.2 Å². The summed E-state index contributed by atoms with van der Waals surface area (Å²) in [5, 5.41) is 2.43. The molecule has 1 heterocycles. The summed E-state index contributed by atoms with van der Waals surface area (Å²) in [7, 11) is 3.82. The molecule has 1 atom stereocenters. The zero-order chi connectivity index (χ0) is 29.1. The Morgan fingerprint density at radius 2 is 1.77 bits per heavy atom. The first-order valence-electron chi connectivity index (χ1n) is 11.8. The Kier molecular flexibility index (Phi) is 8.91. The Hall–Kier alpha value is -3.35. The third-order valence-electron chi connectivity index (χ3n) is 6.05. The average molecular weight is 599 g/mol. The summed E-state index contributed by atoms with van der Waals surface area (Å²) in [4.78, 5) is 25.2. The fourth-order valence-electron chi connectivity index (χ4n) is 4.04. The summed E-state index contributed by atoms with van der Waals surface area (Å²) in [6.07, 6.45) is -1.36. The van der Waals surface area contributed by atoms with Crippen LogP contribution in [0.2, 0.25) is 10.0 Å². The molecule has 0 bridgehead atoms. The number of halogens is 6. The van der Waals surface area contributed by atoms with E-state index in [1.807, 2.05) is 19.0 Å². The highest BCUT2D eigenvalue weighted by atomic mass is 35.5. The van der Waals surface area contributed by atoms with Crippen molar-refractivity contribution in [1.82, 2.24) is 21.2 Å². The maximum absolute atomic E-state index is 14.4. The van der Waals surface area contributed by atoms with E-state index in [4.69, 9.17) is 32.9 Å². The van der Waals surface area contributed by atoms with Crippen LogP contribution in [0, 0.1) is 5.82 Å². The van der Waals surface area contributed by atoms with Crippen LogP contribution >= 0.6 is 23.2 Å². The van der Waals surface area contributed by atoms with Gasteiger partial charge in [-0.2, -0.15) is 13.2 Å². The van der Waals surface area contributed by atoms with Crippen LogP contribution < -0.4 is 16.3 Å². The lowest BCUT2D eigenvalue weighted by Crippen LogP contribution is -2.42. The van der Waals surface area contributed by atoms with Crippen LogP contribution in [0.1, 0.15) is 21.5 Å². The Morgan fingerprint density at radius 1 is 1.10 bits per heavy atom. The minimum Gasteiger partial charge on any atom is -0.327 e. The lowest BCUT2D eigenvalue weighted by molar-refractivity contribution is -0.269. The average Bonchev–Trinajstić information content (AvgIpc) is 3.37. The van der Waals surface area contributed by atoms with Gasteiger partial charge in [0.05, 0.1) is 22.3 Å². The summed E-state index contributed by atoms with van der Waals surface area (Å²) in [5.74, 6) is -1.49. The Labute approximate surface area is 237 Å². The monoisotopic (exact) mass is 598 g/mol. The molecule has 0 saturated heterocycles. The van der Waals surface area contributed by atoms with Crippen molar-refractivity contribution in [1.29, 1.82) is 0 Å². The Bertz CT molecular complexity index is 1460. The quantitative estimate of drug-likeness (QED) is 0.123. The van der Waals surface area contributed by atoms with Gasteiger partial charge in [0, 0.05) is 35.6 Å². The molecule has 0 radical (unpaired) electrons. The van der Waals surface area contributed by atoms with Gasteiger partial charge >= 0.3 is 6.18 Å². The van der Waals surface area contributed by atoms with Crippen molar-refractivity contribution in [3.05, 3.63) is 99.6 Å². The molecule has 13 heteroatoms. The van der Waals surface area contributed by atoms with Crippen LogP contribution in [0.5, 0.6) is 0 Å². The molecule has 4 rings (SSSR count). The summed E-state index contributed by atoms with van der Waals surface area (Å²) in [5.41, 5.74) is 2.04. The third kappa shape index (κ3) is 6.03. The van der Waals surface area contributed by atoms with Crippen molar-refractivity contribution < 1.29 is 32.0 Å². The molecule has 0 fully saturated rings. The van der Waals surface area contributed by atoms with E-state index in [0.29, 0.717) is 29.5 Å².